The van der Waals surface area contributed by atoms with E-state index < -0.39 is 22.5 Å². The molecule has 2 aromatic rings. The van der Waals surface area contributed by atoms with Gasteiger partial charge in [0.25, 0.3) is 0 Å². The van der Waals surface area contributed by atoms with E-state index in [9.17, 15) is 17.4 Å². The van der Waals surface area contributed by atoms with Crippen LogP contribution in [0.15, 0.2) is 47.6 Å². The number of hydrogen-bond acceptors (Lipinski definition) is 3. The highest BCUT2D eigenvalue weighted by Gasteiger charge is 2.31. The minimum Gasteiger partial charge on any atom is -0.398 e. The lowest BCUT2D eigenvalue weighted by atomic mass is 10.2. The van der Waals surface area contributed by atoms with Crippen LogP contribution in [-0.2, 0) is 23.4 Å². The number of hydrogen-bond donors (Lipinski definition) is 1. The van der Waals surface area contributed by atoms with E-state index in [1.807, 2.05) is 0 Å². The van der Waals surface area contributed by atoms with Gasteiger partial charge in [-0.3, -0.25) is 9.19 Å². The number of nitrogens with zero attached hydrogens (tertiary/aromatic N) is 1. The third-order valence-corrected chi connectivity index (χ3v) is 4.35. The number of nitrogen functional groups attached to an aromatic ring is 1. The fraction of sp³-hybridized carbons (Fsp3) is 0.214. The number of aryl methyl sites for hydroxylation is 1. The predicted molar refractivity (Wildman–Crippen MR) is 75.1 cm³/mol. The molecule has 1 heterocycles. The molecular weight excluding hydrogens is 301 g/mol. The number of pyridine rings is 1. The van der Waals surface area contributed by atoms with Crippen molar-refractivity contribution in [3.63, 3.8) is 0 Å². The Morgan fingerprint density at radius 3 is 2.38 bits per heavy atom. The van der Waals surface area contributed by atoms with E-state index in [0.717, 1.165) is 17.7 Å². The lowest BCUT2D eigenvalue weighted by molar-refractivity contribution is -0.137. The molecule has 2 N–H and O–H groups in total. The van der Waals surface area contributed by atoms with Crippen LogP contribution >= 0.6 is 0 Å². The van der Waals surface area contributed by atoms with E-state index in [1.165, 1.54) is 6.07 Å². The summed E-state index contributed by atoms with van der Waals surface area (Å²) in [6.45, 7) is 0. The molecule has 21 heavy (non-hydrogen) atoms. The first kappa shape index (κ1) is 15.5. The fourth-order valence-electron chi connectivity index (χ4n) is 1.80. The van der Waals surface area contributed by atoms with E-state index in [-0.39, 0.29) is 10.6 Å². The molecule has 1 atom stereocenters. The van der Waals surface area contributed by atoms with E-state index in [2.05, 4.69) is 4.98 Å². The SMILES string of the molecule is Nc1cc(C(F)(F)F)ccc1S(=O)CCc1ccncc1. The van der Waals surface area contributed by atoms with Gasteiger partial charge >= 0.3 is 6.18 Å². The van der Waals surface area contributed by atoms with Gasteiger partial charge < -0.3 is 5.73 Å². The van der Waals surface area contributed by atoms with Gasteiger partial charge in [-0.2, -0.15) is 13.2 Å². The molecule has 1 unspecified atom stereocenters. The van der Waals surface area contributed by atoms with Gasteiger partial charge in [-0.15, -0.1) is 0 Å². The van der Waals surface area contributed by atoms with Gasteiger partial charge in [0.05, 0.1) is 21.3 Å². The van der Waals surface area contributed by atoms with Gasteiger partial charge in [-0.25, -0.2) is 0 Å². The van der Waals surface area contributed by atoms with Crippen molar-refractivity contribution in [1.29, 1.82) is 0 Å². The summed E-state index contributed by atoms with van der Waals surface area (Å²) in [5.74, 6) is 0.291. The van der Waals surface area contributed by atoms with E-state index >= 15 is 0 Å². The van der Waals surface area contributed by atoms with Crippen molar-refractivity contribution < 1.29 is 17.4 Å². The highest BCUT2D eigenvalue weighted by molar-refractivity contribution is 7.85. The average molecular weight is 314 g/mol. The van der Waals surface area contributed by atoms with E-state index in [4.69, 9.17) is 5.73 Å². The summed E-state index contributed by atoms with van der Waals surface area (Å²) >= 11 is 0. The zero-order chi connectivity index (χ0) is 15.5. The summed E-state index contributed by atoms with van der Waals surface area (Å²) < 4.78 is 49.7. The summed E-state index contributed by atoms with van der Waals surface area (Å²) in [5, 5.41) is 0. The molecule has 0 saturated carbocycles. The number of benzene rings is 1. The molecule has 1 aromatic carbocycles. The highest BCUT2D eigenvalue weighted by atomic mass is 32.2. The Kier molecular flexibility index (Phi) is 4.62. The molecule has 0 saturated heterocycles. The fourth-order valence-corrected chi connectivity index (χ4v) is 2.98. The summed E-state index contributed by atoms with van der Waals surface area (Å²) in [6, 6.07) is 6.50. The Hall–Kier alpha value is -1.89. The molecule has 7 heteroatoms. The van der Waals surface area contributed by atoms with Crippen molar-refractivity contribution in [2.75, 3.05) is 11.5 Å². The molecule has 0 aliphatic carbocycles. The van der Waals surface area contributed by atoms with Gasteiger partial charge in [0.15, 0.2) is 0 Å². The van der Waals surface area contributed by atoms with Crippen LogP contribution in [0.1, 0.15) is 11.1 Å². The number of aromatic nitrogens is 1. The Bertz CT molecular complexity index is 644. The average Bonchev–Trinajstić information content (AvgIpc) is 2.45. The second-order valence-corrected chi connectivity index (χ2v) is 5.94. The molecule has 112 valence electrons. The molecule has 0 radical (unpaired) electrons. The lowest BCUT2D eigenvalue weighted by Crippen LogP contribution is -2.09. The van der Waals surface area contributed by atoms with Gasteiger partial charge in [0, 0.05) is 23.8 Å². The summed E-state index contributed by atoms with van der Waals surface area (Å²) in [6.07, 6.45) is -0.656. The number of anilines is 1. The van der Waals surface area contributed by atoms with Crippen molar-refractivity contribution in [3.05, 3.63) is 53.9 Å². The van der Waals surface area contributed by atoms with Crippen molar-refractivity contribution in [1.82, 2.24) is 4.98 Å². The molecule has 0 bridgehead atoms. The Morgan fingerprint density at radius 1 is 1.14 bits per heavy atom. The largest absolute Gasteiger partial charge is 0.416 e. The third kappa shape index (κ3) is 4.04. The minimum atomic E-state index is -4.45. The van der Waals surface area contributed by atoms with Crippen molar-refractivity contribution in [2.24, 2.45) is 0 Å². The summed E-state index contributed by atoms with van der Waals surface area (Å²) in [4.78, 5) is 4.11. The maximum absolute atomic E-state index is 12.5. The van der Waals surface area contributed by atoms with Crippen LogP contribution in [0.25, 0.3) is 0 Å². The highest BCUT2D eigenvalue weighted by Crippen LogP contribution is 2.32. The number of alkyl halides is 3. The van der Waals surface area contributed by atoms with Crippen molar-refractivity contribution >= 4 is 16.5 Å². The molecule has 0 fully saturated rings. The minimum absolute atomic E-state index is 0.0992. The van der Waals surface area contributed by atoms with Gasteiger partial charge in [-0.05, 0) is 42.3 Å². The zero-order valence-electron chi connectivity index (χ0n) is 10.9. The van der Waals surface area contributed by atoms with Gasteiger partial charge in [0.1, 0.15) is 0 Å². The maximum atomic E-state index is 12.5. The van der Waals surface area contributed by atoms with E-state index in [0.29, 0.717) is 12.2 Å². The summed E-state index contributed by atoms with van der Waals surface area (Å²) in [5.41, 5.74) is 5.61. The van der Waals surface area contributed by atoms with Gasteiger partial charge in [-0.1, -0.05) is 0 Å². The Morgan fingerprint density at radius 2 is 1.81 bits per heavy atom. The molecule has 0 amide bonds. The van der Waals surface area contributed by atoms with Crippen LogP contribution < -0.4 is 5.73 Å². The van der Waals surface area contributed by atoms with Crippen molar-refractivity contribution in [2.45, 2.75) is 17.5 Å². The van der Waals surface area contributed by atoms with Crippen molar-refractivity contribution in [3.8, 4) is 0 Å². The molecule has 3 nitrogen and oxygen atoms in total. The smallest absolute Gasteiger partial charge is 0.398 e. The normalized spacial score (nSPS) is 13.1. The molecule has 0 aliphatic rings. The predicted octanol–water partition coefficient (Wildman–Crippen LogP) is 3.03. The topological polar surface area (TPSA) is 56.0 Å². The number of halogens is 3. The van der Waals surface area contributed by atoms with Crippen LogP contribution in [-0.4, -0.2) is 14.9 Å². The van der Waals surface area contributed by atoms with Crippen LogP contribution in [0.2, 0.25) is 0 Å². The second-order valence-electron chi connectivity index (χ2n) is 4.41. The summed E-state index contributed by atoms with van der Waals surface area (Å²) in [7, 11) is -1.44. The molecule has 2 rings (SSSR count). The second kappa shape index (κ2) is 6.26. The Labute approximate surface area is 122 Å². The van der Waals surface area contributed by atoms with Crippen LogP contribution in [0.5, 0.6) is 0 Å². The van der Waals surface area contributed by atoms with Gasteiger partial charge in [0.2, 0.25) is 0 Å². The lowest BCUT2D eigenvalue weighted by Gasteiger charge is -2.10. The third-order valence-electron chi connectivity index (χ3n) is 2.91. The molecule has 0 spiro atoms. The van der Waals surface area contributed by atoms with Crippen LogP contribution in [0, 0.1) is 0 Å². The van der Waals surface area contributed by atoms with Crippen LogP contribution in [0.4, 0.5) is 18.9 Å². The molecule has 1 aromatic heterocycles. The number of rotatable bonds is 4. The monoisotopic (exact) mass is 314 g/mol. The first-order valence-corrected chi connectivity index (χ1v) is 7.44. The zero-order valence-corrected chi connectivity index (χ0v) is 11.7. The standard InChI is InChI=1S/C14H13F3N2OS/c15-14(16,17)11-1-2-13(12(18)9-11)21(20)8-5-10-3-6-19-7-4-10/h1-4,6-7,9H,5,8,18H2. The quantitative estimate of drug-likeness (QED) is 0.883. The van der Waals surface area contributed by atoms with E-state index in [1.54, 1.807) is 24.5 Å². The molecule has 0 aliphatic heterocycles. The first-order valence-electron chi connectivity index (χ1n) is 6.12. The Balaban J connectivity index is 2.09. The molecular formula is C14H13F3N2OS. The maximum Gasteiger partial charge on any atom is 0.416 e. The van der Waals surface area contributed by atoms with Crippen LogP contribution in [0.3, 0.4) is 0 Å². The first-order chi connectivity index (χ1) is 9.88. The number of nitrogens with two attached hydrogens (primary N) is 1.